The summed E-state index contributed by atoms with van der Waals surface area (Å²) in [6.45, 7) is 4.29. The normalized spacial score (nSPS) is 22.1. The molecule has 0 amide bonds. The molecule has 2 aliphatic rings. The molecule has 0 aliphatic heterocycles. The minimum Gasteiger partial charge on any atom is -0.491 e. The topological polar surface area (TPSA) is 18.5 Å². The molecule has 0 spiro atoms. The van der Waals surface area contributed by atoms with Gasteiger partial charge in [0, 0.05) is 11.1 Å². The van der Waals surface area contributed by atoms with Crippen molar-refractivity contribution in [1.29, 1.82) is 0 Å². The second-order valence-electron chi connectivity index (χ2n) is 8.59. The Kier molecular flexibility index (Phi) is 6.77. The molecule has 1 fully saturated rings. The second kappa shape index (κ2) is 9.55. The van der Waals surface area contributed by atoms with Crippen LogP contribution in [0.4, 0.5) is 17.6 Å². The van der Waals surface area contributed by atoms with E-state index < -0.39 is 23.3 Å². The molecule has 1 saturated carbocycles. The number of rotatable bonds is 8. The fourth-order valence-electron chi connectivity index (χ4n) is 5.24. The quantitative estimate of drug-likeness (QED) is 0.308. The smallest absolute Gasteiger partial charge is 0.201 e. The summed E-state index contributed by atoms with van der Waals surface area (Å²) in [6, 6.07) is 4.89. The van der Waals surface area contributed by atoms with Gasteiger partial charge in [0.05, 0.1) is 13.2 Å². The van der Waals surface area contributed by atoms with Crippen molar-refractivity contribution >= 4 is 0 Å². The van der Waals surface area contributed by atoms with Gasteiger partial charge in [-0.05, 0) is 74.6 Å². The van der Waals surface area contributed by atoms with E-state index in [4.69, 9.17) is 9.47 Å². The molecule has 0 radical (unpaired) electrons. The molecule has 0 heterocycles. The van der Waals surface area contributed by atoms with Crippen LogP contribution in [0.3, 0.4) is 0 Å². The molecule has 2 aliphatic carbocycles. The first kappa shape index (κ1) is 22.7. The van der Waals surface area contributed by atoms with Crippen molar-refractivity contribution in [2.75, 3.05) is 13.2 Å². The molecule has 32 heavy (non-hydrogen) atoms. The van der Waals surface area contributed by atoms with E-state index in [-0.39, 0.29) is 29.2 Å². The number of hydrogen-bond acceptors (Lipinski definition) is 2. The Morgan fingerprint density at radius 1 is 0.812 bits per heavy atom. The van der Waals surface area contributed by atoms with Crippen molar-refractivity contribution in [1.82, 2.24) is 0 Å². The van der Waals surface area contributed by atoms with Crippen LogP contribution < -0.4 is 9.47 Å². The summed E-state index contributed by atoms with van der Waals surface area (Å²) in [4.78, 5) is 0. The molecule has 0 aromatic heterocycles. The predicted molar refractivity (Wildman–Crippen MR) is 116 cm³/mol. The summed E-state index contributed by atoms with van der Waals surface area (Å²) < 4.78 is 68.8. The molecular weight excluding hydrogens is 420 g/mol. The number of ether oxygens (including phenoxy) is 2. The Hall–Kier alpha value is -2.50. The second-order valence-corrected chi connectivity index (χ2v) is 8.59. The van der Waals surface area contributed by atoms with Gasteiger partial charge in [-0.2, -0.15) is 8.78 Å². The van der Waals surface area contributed by atoms with Crippen molar-refractivity contribution in [2.45, 2.75) is 46.0 Å². The van der Waals surface area contributed by atoms with E-state index in [0.717, 1.165) is 32.1 Å². The third-order valence-corrected chi connectivity index (χ3v) is 6.77. The fraction of sp³-hybridized carbons (Fsp3) is 0.462. The molecule has 0 N–H and O–H groups in total. The molecule has 172 valence electrons. The number of benzene rings is 2. The van der Waals surface area contributed by atoms with Gasteiger partial charge < -0.3 is 9.47 Å². The van der Waals surface area contributed by atoms with Crippen molar-refractivity contribution < 1.29 is 27.0 Å². The average molecular weight is 449 g/mol. The van der Waals surface area contributed by atoms with Crippen molar-refractivity contribution in [3.05, 3.63) is 59.2 Å². The van der Waals surface area contributed by atoms with Gasteiger partial charge in [0.25, 0.3) is 0 Å². The van der Waals surface area contributed by atoms with Crippen LogP contribution in [0, 0.1) is 41.0 Å². The van der Waals surface area contributed by atoms with Crippen LogP contribution in [0.5, 0.6) is 11.5 Å². The van der Waals surface area contributed by atoms with Gasteiger partial charge in [-0.1, -0.05) is 25.0 Å². The lowest BCUT2D eigenvalue weighted by molar-refractivity contribution is 0.200. The highest BCUT2D eigenvalue weighted by atomic mass is 19.2. The highest BCUT2D eigenvalue weighted by Crippen LogP contribution is 2.49. The lowest BCUT2D eigenvalue weighted by Gasteiger charge is -2.21. The van der Waals surface area contributed by atoms with Crippen LogP contribution in [0.1, 0.15) is 46.0 Å². The third-order valence-electron chi connectivity index (χ3n) is 6.77. The van der Waals surface area contributed by atoms with Gasteiger partial charge >= 0.3 is 0 Å². The molecule has 0 saturated heterocycles. The number of hydrogen-bond donors (Lipinski definition) is 0. The highest BCUT2D eigenvalue weighted by Gasteiger charge is 2.40. The standard InChI is InChI=1S/C26H28F4O2/c1-3-5-15-6-8-18-16(7-9-17(15)18)14-32-22-13-11-20(24(28)26(22)30)19-10-12-21(31-4-2)25(29)23(19)27/h6,10-13,16-18H,3-5,7-9,14H2,1-2H3. The summed E-state index contributed by atoms with van der Waals surface area (Å²) in [5.41, 5.74) is 0.804. The Bertz CT molecular complexity index is 1020. The highest BCUT2D eigenvalue weighted by molar-refractivity contribution is 5.67. The Morgan fingerprint density at radius 3 is 2.03 bits per heavy atom. The molecule has 2 aromatic carbocycles. The van der Waals surface area contributed by atoms with E-state index in [1.165, 1.54) is 29.8 Å². The molecule has 4 rings (SSSR count). The Labute approximate surface area is 186 Å². The Balaban J connectivity index is 1.48. The predicted octanol–water partition coefficient (Wildman–Crippen LogP) is 7.46. The fourth-order valence-corrected chi connectivity index (χ4v) is 5.24. The van der Waals surface area contributed by atoms with Crippen molar-refractivity contribution in [2.24, 2.45) is 17.8 Å². The summed E-state index contributed by atoms with van der Waals surface area (Å²) in [5.74, 6) is -4.05. The molecular formula is C26H28F4O2. The first-order valence-corrected chi connectivity index (χ1v) is 11.4. The minimum atomic E-state index is -1.28. The van der Waals surface area contributed by atoms with Crippen LogP contribution in [-0.2, 0) is 0 Å². The average Bonchev–Trinajstić information content (AvgIpc) is 3.37. The maximum absolute atomic E-state index is 14.8. The van der Waals surface area contributed by atoms with E-state index >= 15 is 0 Å². The first-order valence-electron chi connectivity index (χ1n) is 11.4. The van der Waals surface area contributed by atoms with Gasteiger partial charge in [0.15, 0.2) is 23.1 Å². The van der Waals surface area contributed by atoms with Crippen LogP contribution in [0.25, 0.3) is 11.1 Å². The van der Waals surface area contributed by atoms with E-state index in [1.54, 1.807) is 6.92 Å². The number of halogens is 4. The summed E-state index contributed by atoms with van der Waals surface area (Å²) in [5, 5.41) is 0. The first-order chi connectivity index (χ1) is 15.5. The van der Waals surface area contributed by atoms with Gasteiger partial charge in [-0.25, -0.2) is 8.78 Å². The molecule has 2 aromatic rings. The van der Waals surface area contributed by atoms with E-state index in [2.05, 4.69) is 13.0 Å². The minimum absolute atomic E-state index is 0.156. The summed E-state index contributed by atoms with van der Waals surface area (Å²) >= 11 is 0. The van der Waals surface area contributed by atoms with Crippen LogP contribution in [-0.4, -0.2) is 13.2 Å². The van der Waals surface area contributed by atoms with E-state index in [0.29, 0.717) is 24.4 Å². The maximum Gasteiger partial charge on any atom is 0.201 e. The lowest BCUT2D eigenvalue weighted by atomic mass is 9.88. The van der Waals surface area contributed by atoms with Gasteiger partial charge in [-0.15, -0.1) is 0 Å². The van der Waals surface area contributed by atoms with Gasteiger partial charge in [0.2, 0.25) is 11.6 Å². The molecule has 3 atom stereocenters. The maximum atomic E-state index is 14.8. The lowest BCUT2D eigenvalue weighted by Crippen LogP contribution is -2.19. The van der Waals surface area contributed by atoms with Crippen molar-refractivity contribution in [3.8, 4) is 22.6 Å². The number of fused-ring (bicyclic) bond motifs is 1. The summed E-state index contributed by atoms with van der Waals surface area (Å²) in [6.07, 6.45) is 7.74. The zero-order valence-corrected chi connectivity index (χ0v) is 18.4. The zero-order valence-electron chi connectivity index (χ0n) is 18.4. The van der Waals surface area contributed by atoms with Crippen LogP contribution in [0.2, 0.25) is 0 Å². The van der Waals surface area contributed by atoms with E-state index in [1.807, 2.05) is 0 Å². The molecule has 3 unspecified atom stereocenters. The largest absolute Gasteiger partial charge is 0.491 e. The van der Waals surface area contributed by atoms with Gasteiger partial charge in [-0.3, -0.25) is 0 Å². The SMILES string of the molecule is CCCC1=CCC2C(COc3ccc(-c4ccc(OCC)c(F)c4F)c(F)c3F)CCC12. The van der Waals surface area contributed by atoms with Crippen molar-refractivity contribution in [3.63, 3.8) is 0 Å². The molecule has 0 bridgehead atoms. The van der Waals surface area contributed by atoms with Gasteiger partial charge in [0.1, 0.15) is 0 Å². The molecule has 2 nitrogen and oxygen atoms in total. The Morgan fingerprint density at radius 2 is 1.44 bits per heavy atom. The zero-order chi connectivity index (χ0) is 22.8. The van der Waals surface area contributed by atoms with Crippen LogP contribution in [0.15, 0.2) is 35.9 Å². The number of allylic oxidation sites excluding steroid dienone is 2. The van der Waals surface area contributed by atoms with Crippen LogP contribution >= 0.6 is 0 Å². The summed E-state index contributed by atoms with van der Waals surface area (Å²) in [7, 11) is 0. The third kappa shape index (κ3) is 4.12. The van der Waals surface area contributed by atoms with E-state index in [9.17, 15) is 17.6 Å². The monoisotopic (exact) mass is 448 g/mol. The molecule has 6 heteroatoms.